The van der Waals surface area contributed by atoms with Gasteiger partial charge in [0.05, 0.1) is 16.7 Å². The Balaban J connectivity index is 1.82. The van der Waals surface area contributed by atoms with Crippen LogP contribution in [0.3, 0.4) is 0 Å². The zero-order chi connectivity index (χ0) is 22.4. The lowest BCUT2D eigenvalue weighted by molar-refractivity contribution is 0.0657. The molecule has 2 aromatic heterocycles. The van der Waals surface area contributed by atoms with E-state index in [1.54, 1.807) is 0 Å². The number of hydrogen-bond acceptors (Lipinski definition) is 4. The van der Waals surface area contributed by atoms with Gasteiger partial charge in [-0.1, -0.05) is 38.5 Å². The van der Waals surface area contributed by atoms with Gasteiger partial charge in [-0.25, -0.2) is 4.98 Å². The molecule has 2 heterocycles. The minimum absolute atomic E-state index is 0.0577. The quantitative estimate of drug-likeness (QED) is 0.500. The summed E-state index contributed by atoms with van der Waals surface area (Å²) in [7, 11) is 1.91. The van der Waals surface area contributed by atoms with Crippen molar-refractivity contribution in [2.24, 2.45) is 11.7 Å². The van der Waals surface area contributed by atoms with E-state index in [9.17, 15) is 4.79 Å². The maximum atomic E-state index is 13.0. The third kappa shape index (κ3) is 4.85. The van der Waals surface area contributed by atoms with E-state index in [4.69, 9.17) is 11.1 Å². The van der Waals surface area contributed by atoms with Crippen molar-refractivity contribution in [2.75, 3.05) is 7.05 Å². The summed E-state index contributed by atoms with van der Waals surface area (Å²) in [6, 6.07) is 15.5. The summed E-state index contributed by atoms with van der Waals surface area (Å²) < 4.78 is 2.19. The third-order valence-electron chi connectivity index (χ3n) is 5.82. The van der Waals surface area contributed by atoms with Crippen LogP contribution in [-0.4, -0.2) is 39.7 Å². The number of pyridine rings is 1. The van der Waals surface area contributed by atoms with Crippen LogP contribution in [-0.2, 0) is 6.54 Å². The number of nitrogens with zero attached hydrogens (tertiary/aromatic N) is 3. The predicted molar refractivity (Wildman–Crippen MR) is 127 cm³/mol. The second kappa shape index (κ2) is 10.1. The smallest absolute Gasteiger partial charge is 0.253 e. The van der Waals surface area contributed by atoms with Crippen LogP contribution in [0.2, 0.25) is 0 Å². The fraction of sp³-hybridized carbons (Fsp3) is 0.320. The fourth-order valence-electron chi connectivity index (χ4n) is 4.12. The van der Waals surface area contributed by atoms with Crippen LogP contribution in [0.15, 0.2) is 60.9 Å². The van der Waals surface area contributed by atoms with Crippen LogP contribution in [0.5, 0.6) is 0 Å². The predicted octanol–water partition coefficient (Wildman–Crippen LogP) is 4.56. The number of nitrogens with two attached hydrogens (primary N) is 1. The number of carbonyl (C=O) groups excluding carboxylic acids is 1. The molecule has 1 amide bonds. The van der Waals surface area contributed by atoms with Gasteiger partial charge in [-0.05, 0) is 42.7 Å². The zero-order valence-electron chi connectivity index (χ0n) is 18.5. The molecular formula is C25H31N5O. The number of aromatic nitrogens is 2. The van der Waals surface area contributed by atoms with Gasteiger partial charge in [-0.2, -0.15) is 0 Å². The van der Waals surface area contributed by atoms with E-state index in [1.165, 1.54) is 12.4 Å². The molecule has 0 fully saturated rings. The SMILES string of the molecule is CCCC(C(C)Cn1ccc2nc(/C(C=N)=C/N)ccc21)N(C)C(=O)c1ccccc1. The first-order valence-electron chi connectivity index (χ1n) is 10.7. The van der Waals surface area contributed by atoms with E-state index in [-0.39, 0.29) is 17.9 Å². The Kier molecular flexibility index (Phi) is 7.23. The van der Waals surface area contributed by atoms with Crippen molar-refractivity contribution in [3.05, 3.63) is 72.2 Å². The average molecular weight is 418 g/mol. The monoisotopic (exact) mass is 417 g/mol. The second-order valence-electron chi connectivity index (χ2n) is 7.95. The van der Waals surface area contributed by atoms with Gasteiger partial charge in [0.15, 0.2) is 0 Å². The van der Waals surface area contributed by atoms with E-state index in [0.717, 1.165) is 36.0 Å². The summed E-state index contributed by atoms with van der Waals surface area (Å²) in [6.45, 7) is 5.14. The number of allylic oxidation sites excluding steroid dienone is 1. The van der Waals surface area contributed by atoms with Crippen LogP contribution >= 0.6 is 0 Å². The van der Waals surface area contributed by atoms with Crippen molar-refractivity contribution >= 4 is 28.7 Å². The van der Waals surface area contributed by atoms with Gasteiger partial charge in [0.2, 0.25) is 0 Å². The summed E-state index contributed by atoms with van der Waals surface area (Å²) >= 11 is 0. The lowest BCUT2D eigenvalue weighted by Crippen LogP contribution is -2.42. The number of fused-ring (bicyclic) bond motifs is 1. The number of nitrogens with one attached hydrogen (secondary N) is 1. The normalized spacial score (nSPS) is 13.7. The number of amides is 1. The second-order valence-corrected chi connectivity index (χ2v) is 7.95. The Hall–Kier alpha value is -3.41. The molecule has 0 aliphatic carbocycles. The number of rotatable bonds is 9. The topological polar surface area (TPSA) is 88.0 Å². The molecule has 0 saturated carbocycles. The average Bonchev–Trinajstić information content (AvgIpc) is 3.19. The molecule has 3 aromatic rings. The van der Waals surface area contributed by atoms with Crippen LogP contribution in [0.4, 0.5) is 0 Å². The van der Waals surface area contributed by atoms with Gasteiger partial charge in [0.25, 0.3) is 5.91 Å². The van der Waals surface area contributed by atoms with Crippen LogP contribution < -0.4 is 5.73 Å². The van der Waals surface area contributed by atoms with Gasteiger partial charge in [-0.3, -0.25) is 4.79 Å². The van der Waals surface area contributed by atoms with E-state index in [0.29, 0.717) is 11.3 Å². The number of carbonyl (C=O) groups is 1. The molecule has 0 spiro atoms. The van der Waals surface area contributed by atoms with Gasteiger partial charge in [0.1, 0.15) is 0 Å². The Morgan fingerprint density at radius 2 is 1.97 bits per heavy atom. The molecule has 2 unspecified atom stereocenters. The minimum Gasteiger partial charge on any atom is -0.404 e. The van der Waals surface area contributed by atoms with Crippen molar-refractivity contribution in [1.82, 2.24) is 14.5 Å². The van der Waals surface area contributed by atoms with Gasteiger partial charge < -0.3 is 20.6 Å². The van der Waals surface area contributed by atoms with Crippen molar-refractivity contribution in [3.63, 3.8) is 0 Å². The third-order valence-corrected chi connectivity index (χ3v) is 5.82. The van der Waals surface area contributed by atoms with Crippen LogP contribution in [0.1, 0.15) is 42.7 Å². The molecule has 1 aromatic carbocycles. The van der Waals surface area contributed by atoms with E-state index < -0.39 is 0 Å². The molecular weight excluding hydrogens is 386 g/mol. The van der Waals surface area contributed by atoms with Gasteiger partial charge >= 0.3 is 0 Å². The molecule has 3 N–H and O–H groups in total. The Labute approximate surface area is 183 Å². The Morgan fingerprint density at radius 3 is 2.61 bits per heavy atom. The highest BCUT2D eigenvalue weighted by molar-refractivity contribution is 6.07. The van der Waals surface area contributed by atoms with E-state index in [2.05, 4.69) is 23.4 Å². The van der Waals surface area contributed by atoms with Crippen molar-refractivity contribution in [1.29, 1.82) is 5.41 Å². The summed E-state index contributed by atoms with van der Waals surface area (Å²) in [6.07, 6.45) is 6.60. The summed E-state index contributed by atoms with van der Waals surface area (Å²) in [4.78, 5) is 19.6. The largest absolute Gasteiger partial charge is 0.404 e. The summed E-state index contributed by atoms with van der Waals surface area (Å²) in [5.41, 5.74) is 9.49. The highest BCUT2D eigenvalue weighted by Gasteiger charge is 2.26. The van der Waals surface area contributed by atoms with Crippen molar-refractivity contribution < 1.29 is 4.79 Å². The van der Waals surface area contributed by atoms with Crippen molar-refractivity contribution in [2.45, 2.75) is 39.3 Å². The maximum Gasteiger partial charge on any atom is 0.253 e. The molecule has 0 saturated heterocycles. The van der Waals surface area contributed by atoms with E-state index >= 15 is 0 Å². The molecule has 0 aliphatic rings. The first-order chi connectivity index (χ1) is 15.0. The maximum absolute atomic E-state index is 13.0. The van der Waals surface area contributed by atoms with Gasteiger partial charge in [0, 0.05) is 49.4 Å². The molecule has 0 aliphatic heterocycles. The lowest BCUT2D eigenvalue weighted by atomic mass is 9.95. The standard InChI is InChI=1S/C25H31N5O/c1-4-8-23(29(3)25(31)19-9-6-5-7-10-19)18(2)17-30-14-13-22-24(30)12-11-21(28-22)20(15-26)16-27/h5-7,9-16,18,23,26H,4,8,17,27H2,1-3H3/b20-16+,26-15?. The molecule has 2 atom stereocenters. The minimum atomic E-state index is 0.0577. The summed E-state index contributed by atoms with van der Waals surface area (Å²) in [5, 5.41) is 7.48. The molecule has 6 nitrogen and oxygen atoms in total. The highest BCUT2D eigenvalue weighted by Crippen LogP contribution is 2.23. The first kappa shape index (κ1) is 22.3. The number of benzene rings is 1. The summed E-state index contributed by atoms with van der Waals surface area (Å²) in [5.74, 6) is 0.316. The lowest BCUT2D eigenvalue weighted by Gasteiger charge is -2.33. The van der Waals surface area contributed by atoms with Crippen LogP contribution in [0.25, 0.3) is 16.6 Å². The fourth-order valence-corrected chi connectivity index (χ4v) is 4.12. The van der Waals surface area contributed by atoms with Gasteiger partial charge in [-0.15, -0.1) is 0 Å². The van der Waals surface area contributed by atoms with Crippen LogP contribution in [0, 0.1) is 11.3 Å². The molecule has 0 bridgehead atoms. The molecule has 3 rings (SSSR count). The Morgan fingerprint density at radius 1 is 1.23 bits per heavy atom. The first-order valence-corrected chi connectivity index (χ1v) is 10.7. The van der Waals surface area contributed by atoms with E-state index in [1.807, 2.05) is 66.7 Å². The van der Waals surface area contributed by atoms with Crippen molar-refractivity contribution in [3.8, 4) is 0 Å². The molecule has 31 heavy (non-hydrogen) atoms. The Bertz CT molecular complexity index is 1070. The zero-order valence-corrected chi connectivity index (χ0v) is 18.5. The molecule has 6 heteroatoms. The number of hydrogen-bond donors (Lipinski definition) is 2. The highest BCUT2D eigenvalue weighted by atomic mass is 16.2. The molecule has 162 valence electrons. The molecule has 0 radical (unpaired) electrons.